The number of nitrogen functional groups attached to an aromatic ring is 1. The summed E-state index contributed by atoms with van der Waals surface area (Å²) >= 11 is 0. The average Bonchev–Trinajstić information content (AvgIpc) is 3.95. The number of carbonyl (C=O) groups is 2. The van der Waals surface area contributed by atoms with E-state index in [2.05, 4.69) is 54.4 Å². The Morgan fingerprint density at radius 2 is 1.41 bits per heavy atom. The zero-order chi connectivity index (χ0) is 48.4. The highest BCUT2D eigenvalue weighted by atomic mass is 31.3. The lowest BCUT2D eigenvalue weighted by molar-refractivity contribution is -0.161. The lowest BCUT2D eigenvalue weighted by Gasteiger charge is -2.21. The SMILES string of the molecule is CCCCC/C=C\C/C=C\CC1OC1C/C=C\CCCC(=O)OC[C@H](COP(=O)(O)OP(=O)(O)OC[C@H]1O[C@@H](n2ccc(N)nc2=O)[C@H](O)[C@@H]1O)OC(=O)CCCCCCCCCC(C)C. The van der Waals surface area contributed by atoms with Gasteiger partial charge in [0.05, 0.1) is 25.4 Å². The van der Waals surface area contributed by atoms with Crippen molar-refractivity contribution >= 4 is 33.4 Å². The van der Waals surface area contributed by atoms with E-state index in [1.807, 2.05) is 12.2 Å². The van der Waals surface area contributed by atoms with Gasteiger partial charge in [0.15, 0.2) is 12.3 Å². The Morgan fingerprint density at radius 1 is 0.788 bits per heavy atom. The van der Waals surface area contributed by atoms with Gasteiger partial charge in [-0.25, -0.2) is 13.9 Å². The van der Waals surface area contributed by atoms with Crippen LogP contribution in [-0.2, 0) is 51.0 Å². The average molecular weight is 976 g/mol. The van der Waals surface area contributed by atoms with Crippen LogP contribution in [0.5, 0.6) is 0 Å². The molecule has 6 N–H and O–H groups in total. The molecule has 0 saturated carbocycles. The summed E-state index contributed by atoms with van der Waals surface area (Å²) < 4.78 is 62.3. The highest BCUT2D eigenvalue weighted by molar-refractivity contribution is 7.61. The summed E-state index contributed by atoms with van der Waals surface area (Å²) in [5, 5.41) is 20.9. The maximum absolute atomic E-state index is 12.8. The monoisotopic (exact) mass is 975 g/mol. The van der Waals surface area contributed by atoms with Crippen LogP contribution >= 0.6 is 15.6 Å². The number of allylic oxidation sites excluding steroid dienone is 4. The highest BCUT2D eigenvalue weighted by Crippen LogP contribution is 2.60. The number of nitrogens with two attached hydrogens (primary N) is 1. The topological polar surface area (TPSA) is 278 Å². The van der Waals surface area contributed by atoms with Gasteiger partial charge >= 0.3 is 33.3 Å². The number of nitrogens with zero attached hydrogens (tertiary/aromatic N) is 2. The number of epoxide rings is 1. The van der Waals surface area contributed by atoms with Gasteiger partial charge in [0.1, 0.15) is 30.7 Å². The molecule has 2 saturated heterocycles. The van der Waals surface area contributed by atoms with Crippen molar-refractivity contribution in [1.29, 1.82) is 0 Å². The van der Waals surface area contributed by atoms with E-state index in [1.165, 1.54) is 38.2 Å². The molecule has 66 heavy (non-hydrogen) atoms. The fourth-order valence-corrected chi connectivity index (χ4v) is 9.11. The molecule has 0 aliphatic carbocycles. The van der Waals surface area contributed by atoms with Crippen LogP contribution < -0.4 is 11.4 Å². The largest absolute Gasteiger partial charge is 0.481 e. The molecule has 2 aliphatic heterocycles. The van der Waals surface area contributed by atoms with E-state index >= 15 is 0 Å². The minimum atomic E-state index is -5.43. The predicted octanol–water partition coefficient (Wildman–Crippen LogP) is 7.67. The van der Waals surface area contributed by atoms with E-state index in [0.29, 0.717) is 25.2 Å². The number of aliphatic hydroxyl groups is 2. The first-order valence-corrected chi connectivity index (χ1v) is 26.5. The van der Waals surface area contributed by atoms with Crippen molar-refractivity contribution in [2.24, 2.45) is 5.92 Å². The number of rotatable bonds is 36. The Labute approximate surface area is 389 Å². The Morgan fingerprint density at radius 3 is 2.11 bits per heavy atom. The molecule has 0 spiro atoms. The molecular formula is C45H75N3O16P2. The van der Waals surface area contributed by atoms with Crippen molar-refractivity contribution in [3.05, 3.63) is 59.2 Å². The number of esters is 2. The molecule has 0 aromatic carbocycles. The summed E-state index contributed by atoms with van der Waals surface area (Å²) in [6.45, 7) is 4.25. The van der Waals surface area contributed by atoms with E-state index in [0.717, 1.165) is 68.6 Å². The fraction of sp³-hybridized carbons (Fsp3) is 0.733. The maximum atomic E-state index is 12.8. The van der Waals surface area contributed by atoms with Gasteiger partial charge in [-0.3, -0.25) is 23.2 Å². The molecule has 2 fully saturated rings. The van der Waals surface area contributed by atoms with E-state index in [1.54, 1.807) is 0 Å². The Balaban J connectivity index is 1.43. The second-order valence-electron chi connectivity index (χ2n) is 17.1. The van der Waals surface area contributed by atoms with Crippen LogP contribution in [0.4, 0.5) is 5.82 Å². The second-order valence-corrected chi connectivity index (χ2v) is 20.2. The van der Waals surface area contributed by atoms with Crippen LogP contribution in [0.15, 0.2) is 53.5 Å². The van der Waals surface area contributed by atoms with Gasteiger partial charge in [-0.1, -0.05) is 115 Å². The van der Waals surface area contributed by atoms with Gasteiger partial charge in [0, 0.05) is 19.0 Å². The summed E-state index contributed by atoms with van der Waals surface area (Å²) in [4.78, 5) is 61.7. The number of phosphoric acid groups is 2. The second kappa shape index (κ2) is 31.1. The third kappa shape index (κ3) is 24.3. The maximum Gasteiger partial charge on any atom is 0.481 e. The number of hydrogen-bond acceptors (Lipinski definition) is 16. The molecule has 376 valence electrons. The van der Waals surface area contributed by atoms with Crippen molar-refractivity contribution in [3.8, 4) is 0 Å². The predicted molar refractivity (Wildman–Crippen MR) is 247 cm³/mol. The lowest BCUT2D eigenvalue weighted by atomic mass is 10.0. The molecular weight excluding hydrogens is 900 g/mol. The molecule has 9 atom stereocenters. The molecule has 0 bridgehead atoms. The number of aromatic nitrogens is 2. The van der Waals surface area contributed by atoms with Gasteiger partial charge in [-0.2, -0.15) is 9.29 Å². The van der Waals surface area contributed by atoms with Crippen LogP contribution in [0.1, 0.15) is 149 Å². The van der Waals surface area contributed by atoms with Crippen LogP contribution in [-0.4, -0.2) is 97.9 Å². The molecule has 2 aliphatic rings. The van der Waals surface area contributed by atoms with Crippen LogP contribution in [0.3, 0.4) is 0 Å². The van der Waals surface area contributed by atoms with Gasteiger partial charge in [0.25, 0.3) is 0 Å². The van der Waals surface area contributed by atoms with Crippen LogP contribution in [0.2, 0.25) is 0 Å². The third-order valence-electron chi connectivity index (χ3n) is 10.8. The number of hydrogen-bond donors (Lipinski definition) is 5. The molecule has 1 aromatic heterocycles. The Kier molecular flexibility index (Phi) is 27.0. The summed E-state index contributed by atoms with van der Waals surface area (Å²) in [6, 6.07) is 1.24. The summed E-state index contributed by atoms with van der Waals surface area (Å²) in [5.41, 5.74) is 4.57. The Bertz CT molecular complexity index is 1830. The standard InChI is InChI=1S/C45H75N3O16P2/c1-4-5-6-7-8-9-12-15-20-25-36-37(62-36)26-21-17-18-22-27-40(49)58-31-35(61-41(50)28-23-16-13-10-11-14-19-24-34(2)3)32-59-65(54,55)64-66(56,57)60-33-38-42(51)43(52)44(63-38)48-30-29-39(46)47-45(48)53/h8-9,15,17,20-21,29-30,34-38,42-44,51-52H,4-7,10-14,16,18-19,22-28,31-33H2,1-3H3,(H,54,55)(H,56,57)(H2,46,47,53)/b9-8-,20-15-,21-17-/t35-,36?,37?,38-,42-,43-,44-/m1/s1. The molecule has 19 nitrogen and oxygen atoms in total. The highest BCUT2D eigenvalue weighted by Gasteiger charge is 2.46. The number of phosphoric ester groups is 2. The molecule has 3 rings (SSSR count). The minimum Gasteiger partial charge on any atom is -0.462 e. The first kappa shape index (κ1) is 57.3. The van der Waals surface area contributed by atoms with Crippen molar-refractivity contribution in [1.82, 2.24) is 9.55 Å². The molecule has 4 unspecified atom stereocenters. The van der Waals surface area contributed by atoms with E-state index in [4.69, 9.17) is 33.7 Å². The zero-order valence-corrected chi connectivity index (χ0v) is 40.6. The van der Waals surface area contributed by atoms with Crippen molar-refractivity contribution in [2.75, 3.05) is 25.6 Å². The summed E-state index contributed by atoms with van der Waals surface area (Å²) in [6.07, 6.45) is 23.1. The smallest absolute Gasteiger partial charge is 0.462 e. The summed E-state index contributed by atoms with van der Waals surface area (Å²) in [7, 11) is -10.9. The number of carbonyl (C=O) groups excluding carboxylic acids is 2. The zero-order valence-electron chi connectivity index (χ0n) is 38.8. The van der Waals surface area contributed by atoms with Crippen molar-refractivity contribution in [3.63, 3.8) is 0 Å². The van der Waals surface area contributed by atoms with Crippen LogP contribution in [0, 0.1) is 5.92 Å². The third-order valence-corrected chi connectivity index (χ3v) is 13.4. The van der Waals surface area contributed by atoms with Gasteiger partial charge in [0.2, 0.25) is 0 Å². The van der Waals surface area contributed by atoms with E-state index < -0.39 is 83.7 Å². The van der Waals surface area contributed by atoms with Crippen LogP contribution in [0.25, 0.3) is 0 Å². The number of unbranched alkanes of at least 4 members (excludes halogenated alkanes) is 10. The molecule has 21 heteroatoms. The Hall–Kier alpha value is -3.06. The van der Waals surface area contributed by atoms with Crippen molar-refractivity contribution < 1.29 is 71.0 Å². The fourth-order valence-electron chi connectivity index (χ4n) is 7.00. The van der Waals surface area contributed by atoms with E-state index in [9.17, 15) is 43.5 Å². The number of aliphatic hydroxyl groups excluding tert-OH is 2. The van der Waals surface area contributed by atoms with Gasteiger partial charge in [-0.15, -0.1) is 0 Å². The van der Waals surface area contributed by atoms with Gasteiger partial charge in [-0.05, 0) is 63.4 Å². The lowest BCUT2D eigenvalue weighted by Crippen LogP contribution is -2.36. The molecule has 0 radical (unpaired) electrons. The quantitative estimate of drug-likeness (QED) is 0.0142. The summed E-state index contributed by atoms with van der Waals surface area (Å²) in [5.74, 6) is -0.696. The number of ether oxygens (including phenoxy) is 4. The normalized spacial score (nSPS) is 23.2. The van der Waals surface area contributed by atoms with Crippen molar-refractivity contribution in [2.45, 2.75) is 186 Å². The first-order chi connectivity index (χ1) is 31.5. The minimum absolute atomic E-state index is 0.0331. The first-order valence-electron chi connectivity index (χ1n) is 23.5. The molecule has 0 amide bonds. The van der Waals surface area contributed by atoms with E-state index in [-0.39, 0.29) is 30.9 Å². The van der Waals surface area contributed by atoms with Gasteiger partial charge < -0.3 is 44.7 Å². The molecule has 1 aromatic rings. The number of anilines is 1. The molecule has 3 heterocycles.